The first kappa shape index (κ1) is 33.3. The van der Waals surface area contributed by atoms with Crippen LogP contribution in [-0.2, 0) is 23.7 Å². The van der Waals surface area contributed by atoms with Crippen molar-refractivity contribution in [3.63, 3.8) is 0 Å². The summed E-state index contributed by atoms with van der Waals surface area (Å²) in [6.07, 6.45) is 1.20. The zero-order chi connectivity index (χ0) is 31.1. The average Bonchev–Trinajstić information content (AvgIpc) is 3.01. The number of methoxy groups -OCH3 is 1. The smallest absolute Gasteiger partial charge is 0.343 e. The van der Waals surface area contributed by atoms with Crippen molar-refractivity contribution < 1.29 is 42.8 Å². The molecular weight excluding hydrogens is 552 g/mol. The molecule has 3 rings (SSSR count). The molecule has 0 atom stereocenters. The summed E-state index contributed by atoms with van der Waals surface area (Å²) in [6.45, 7) is 8.33. The van der Waals surface area contributed by atoms with Gasteiger partial charge in [-0.3, -0.25) is 4.79 Å². The molecule has 0 unspecified atom stereocenters. The molecule has 0 heterocycles. The fourth-order valence-corrected chi connectivity index (χ4v) is 3.79. The van der Waals surface area contributed by atoms with Gasteiger partial charge in [0.15, 0.2) is 0 Å². The summed E-state index contributed by atoms with van der Waals surface area (Å²) in [5.41, 5.74) is 2.81. The highest BCUT2D eigenvalue weighted by atomic mass is 16.6. The van der Waals surface area contributed by atoms with Crippen molar-refractivity contribution in [1.82, 2.24) is 0 Å². The number of carbonyl (C=O) groups excluding carboxylic acids is 3. The summed E-state index contributed by atoms with van der Waals surface area (Å²) in [7, 11) is 1.34. The van der Waals surface area contributed by atoms with Crippen LogP contribution in [0.3, 0.4) is 0 Å². The third-order valence-corrected chi connectivity index (χ3v) is 6.23. The first-order chi connectivity index (χ1) is 20.6. The second kappa shape index (κ2) is 17.0. The molecule has 0 N–H and O–H groups in total. The summed E-state index contributed by atoms with van der Waals surface area (Å²) < 4.78 is 31.9. The van der Waals surface area contributed by atoms with Gasteiger partial charge in [0.2, 0.25) is 0 Å². The summed E-state index contributed by atoms with van der Waals surface area (Å²) in [4.78, 5) is 35.8. The van der Waals surface area contributed by atoms with Crippen LogP contribution in [0.5, 0.6) is 11.5 Å². The Morgan fingerprint density at radius 2 is 1.09 bits per heavy atom. The Labute approximate surface area is 253 Å². The molecular formula is C34H40O9. The predicted octanol–water partition coefficient (Wildman–Crippen LogP) is 6.14. The van der Waals surface area contributed by atoms with Gasteiger partial charge in [-0.1, -0.05) is 45.0 Å². The highest BCUT2D eigenvalue weighted by Gasteiger charge is 2.14. The molecule has 0 aromatic heterocycles. The number of carbonyl (C=O) groups is 3. The molecule has 0 saturated heterocycles. The molecule has 3 aromatic carbocycles. The maximum atomic E-state index is 12.6. The van der Waals surface area contributed by atoms with Crippen LogP contribution in [0.1, 0.15) is 54.3 Å². The van der Waals surface area contributed by atoms with Crippen LogP contribution in [0.2, 0.25) is 0 Å². The maximum Gasteiger partial charge on any atom is 0.343 e. The van der Waals surface area contributed by atoms with E-state index in [0.717, 1.165) is 17.5 Å². The van der Waals surface area contributed by atoms with Crippen LogP contribution < -0.4 is 9.47 Å². The van der Waals surface area contributed by atoms with Gasteiger partial charge in [0, 0.05) is 6.42 Å². The van der Waals surface area contributed by atoms with Crippen molar-refractivity contribution >= 4 is 17.9 Å². The average molecular weight is 593 g/mol. The third-order valence-electron chi connectivity index (χ3n) is 6.23. The molecule has 0 saturated carbocycles. The molecule has 0 spiro atoms. The Kier molecular flexibility index (Phi) is 13.2. The fraction of sp³-hybridized carbons (Fsp3) is 0.382. The number of benzene rings is 3. The first-order valence-electron chi connectivity index (χ1n) is 14.2. The molecule has 43 heavy (non-hydrogen) atoms. The summed E-state index contributed by atoms with van der Waals surface area (Å²) in [6, 6.07) is 20.8. The van der Waals surface area contributed by atoms with Crippen molar-refractivity contribution in [2.75, 3.05) is 46.8 Å². The number of hydrogen-bond donors (Lipinski definition) is 0. The minimum Gasteiger partial charge on any atom is -0.491 e. The van der Waals surface area contributed by atoms with Gasteiger partial charge in [-0.2, -0.15) is 0 Å². The number of hydrogen-bond acceptors (Lipinski definition) is 9. The molecule has 0 aliphatic heterocycles. The van der Waals surface area contributed by atoms with E-state index >= 15 is 0 Å². The fourth-order valence-electron chi connectivity index (χ4n) is 3.79. The number of ether oxygens (including phenoxy) is 6. The van der Waals surface area contributed by atoms with Crippen LogP contribution in [0.4, 0.5) is 0 Å². The second-order valence-electron chi connectivity index (χ2n) is 10.9. The van der Waals surface area contributed by atoms with E-state index in [4.69, 9.17) is 28.4 Å². The molecule has 3 aromatic rings. The minimum atomic E-state index is -0.482. The van der Waals surface area contributed by atoms with Crippen molar-refractivity contribution in [3.8, 4) is 22.6 Å². The van der Waals surface area contributed by atoms with Crippen LogP contribution >= 0.6 is 0 Å². The van der Waals surface area contributed by atoms with E-state index < -0.39 is 5.97 Å². The highest BCUT2D eigenvalue weighted by molar-refractivity contribution is 5.91. The summed E-state index contributed by atoms with van der Waals surface area (Å²) in [5, 5.41) is 0. The Morgan fingerprint density at radius 3 is 1.67 bits per heavy atom. The standard InChI is InChI=1S/C34H40O9/c1-34(2,3)18-17-31(35)42-24-22-40-20-19-39-21-23-41-29-13-11-28(12-14-29)33(37)43-30-15-9-26(10-16-30)25-5-7-27(8-6-25)32(36)38-4/h5-16H,17-24H2,1-4H3. The van der Waals surface area contributed by atoms with E-state index in [1.165, 1.54) is 7.11 Å². The Hall–Kier alpha value is -4.21. The monoisotopic (exact) mass is 592 g/mol. The Balaban J connectivity index is 1.28. The van der Waals surface area contributed by atoms with Gasteiger partial charge >= 0.3 is 17.9 Å². The van der Waals surface area contributed by atoms with E-state index in [-0.39, 0.29) is 24.0 Å². The lowest BCUT2D eigenvalue weighted by Gasteiger charge is -2.16. The van der Waals surface area contributed by atoms with Gasteiger partial charge < -0.3 is 28.4 Å². The SMILES string of the molecule is COC(=O)c1ccc(-c2ccc(OC(=O)c3ccc(OCCOCCOCCOC(=O)CCC(C)(C)C)cc3)cc2)cc1. The molecule has 0 radical (unpaired) electrons. The molecule has 0 aliphatic carbocycles. The Bertz CT molecular complexity index is 1290. The van der Waals surface area contributed by atoms with Gasteiger partial charge in [0.25, 0.3) is 0 Å². The van der Waals surface area contributed by atoms with E-state index in [1.807, 2.05) is 24.3 Å². The molecule has 0 fully saturated rings. The number of rotatable bonds is 16. The maximum absolute atomic E-state index is 12.6. The lowest BCUT2D eigenvalue weighted by Crippen LogP contribution is -2.15. The third kappa shape index (κ3) is 12.3. The van der Waals surface area contributed by atoms with Crippen molar-refractivity contribution in [1.29, 1.82) is 0 Å². The molecule has 9 heteroatoms. The van der Waals surface area contributed by atoms with Crippen molar-refractivity contribution in [3.05, 3.63) is 83.9 Å². The van der Waals surface area contributed by atoms with Crippen molar-refractivity contribution in [2.45, 2.75) is 33.6 Å². The van der Waals surface area contributed by atoms with E-state index in [0.29, 0.717) is 62.1 Å². The minimum absolute atomic E-state index is 0.107. The largest absolute Gasteiger partial charge is 0.491 e. The first-order valence-corrected chi connectivity index (χ1v) is 14.2. The number of esters is 3. The Morgan fingerprint density at radius 1 is 0.605 bits per heavy atom. The molecule has 0 amide bonds. The summed E-state index contributed by atoms with van der Waals surface area (Å²) in [5.74, 6) is -0.0545. The van der Waals surface area contributed by atoms with Crippen LogP contribution in [-0.4, -0.2) is 64.7 Å². The van der Waals surface area contributed by atoms with Crippen LogP contribution in [0, 0.1) is 5.41 Å². The molecule has 9 nitrogen and oxygen atoms in total. The summed E-state index contributed by atoms with van der Waals surface area (Å²) >= 11 is 0. The van der Waals surface area contributed by atoms with Gasteiger partial charge in [-0.15, -0.1) is 0 Å². The van der Waals surface area contributed by atoms with Crippen molar-refractivity contribution in [2.24, 2.45) is 5.41 Å². The van der Waals surface area contributed by atoms with E-state index in [2.05, 4.69) is 20.8 Å². The topological polar surface area (TPSA) is 107 Å². The molecule has 0 bridgehead atoms. The van der Waals surface area contributed by atoms with Gasteiger partial charge in [-0.05, 0) is 71.5 Å². The quantitative estimate of drug-likeness (QED) is 0.110. The van der Waals surface area contributed by atoms with Gasteiger partial charge in [-0.25, -0.2) is 9.59 Å². The zero-order valence-electron chi connectivity index (χ0n) is 25.3. The second-order valence-corrected chi connectivity index (χ2v) is 10.9. The van der Waals surface area contributed by atoms with E-state index in [9.17, 15) is 14.4 Å². The van der Waals surface area contributed by atoms with Gasteiger partial charge in [0.05, 0.1) is 44.7 Å². The van der Waals surface area contributed by atoms with Crippen LogP contribution in [0.25, 0.3) is 11.1 Å². The molecule has 230 valence electrons. The van der Waals surface area contributed by atoms with E-state index in [1.54, 1.807) is 48.5 Å². The predicted molar refractivity (Wildman–Crippen MR) is 161 cm³/mol. The van der Waals surface area contributed by atoms with Gasteiger partial charge in [0.1, 0.15) is 24.7 Å². The normalized spacial score (nSPS) is 11.1. The van der Waals surface area contributed by atoms with Crippen LogP contribution in [0.15, 0.2) is 72.8 Å². The lowest BCUT2D eigenvalue weighted by molar-refractivity contribution is -0.146. The lowest BCUT2D eigenvalue weighted by atomic mass is 9.91. The molecule has 0 aliphatic rings. The highest BCUT2D eigenvalue weighted by Crippen LogP contribution is 2.24. The zero-order valence-corrected chi connectivity index (χ0v) is 25.3.